The molecule has 4 heteroatoms. The van der Waals surface area contributed by atoms with Crippen LogP contribution in [0.3, 0.4) is 0 Å². The molecule has 1 aliphatic heterocycles. The Morgan fingerprint density at radius 3 is 2.65 bits per heavy atom. The molecule has 1 unspecified atom stereocenters. The average molecular weight is 276 g/mol. The van der Waals surface area contributed by atoms with Gasteiger partial charge in [-0.25, -0.2) is 0 Å². The third-order valence-electron chi connectivity index (χ3n) is 3.92. The molecule has 1 aliphatic rings. The van der Waals surface area contributed by atoms with E-state index in [-0.39, 0.29) is 5.97 Å². The number of carbonyl (C=O) groups is 1. The van der Waals surface area contributed by atoms with Crippen LogP contribution < -0.4 is 10.6 Å². The van der Waals surface area contributed by atoms with Crippen LogP contribution >= 0.6 is 0 Å². The molecule has 1 heterocycles. The largest absolute Gasteiger partial charge is 0.468 e. The Bertz CT molecular complexity index is 468. The fourth-order valence-electron chi connectivity index (χ4n) is 2.82. The monoisotopic (exact) mass is 276 g/mol. The van der Waals surface area contributed by atoms with Crippen LogP contribution in [0.5, 0.6) is 0 Å². The van der Waals surface area contributed by atoms with Gasteiger partial charge in [0.2, 0.25) is 0 Å². The number of aryl methyl sites for hydroxylation is 1. The first-order valence-corrected chi connectivity index (χ1v) is 7.29. The van der Waals surface area contributed by atoms with Crippen LogP contribution in [0.25, 0.3) is 0 Å². The second-order valence-electron chi connectivity index (χ2n) is 5.50. The van der Waals surface area contributed by atoms with Crippen molar-refractivity contribution >= 4 is 11.7 Å². The summed E-state index contributed by atoms with van der Waals surface area (Å²) in [6.07, 6.45) is 4.40. The topological polar surface area (TPSA) is 55.6 Å². The van der Waals surface area contributed by atoms with Gasteiger partial charge in [-0.3, -0.25) is 4.79 Å². The number of esters is 1. The molecular formula is C16H24N2O2. The molecule has 1 saturated heterocycles. The zero-order valence-electron chi connectivity index (χ0n) is 12.4. The number of nitrogens with zero attached hydrogens (tertiary/aromatic N) is 1. The van der Waals surface area contributed by atoms with Crippen molar-refractivity contribution in [2.24, 2.45) is 5.73 Å². The standard InChI is InChI=1S/C16H24N2O2/c1-12-10-13(11-14(17)16(19)20-2)6-7-15(12)18-8-4-3-5-9-18/h6-7,10,14H,3-5,8-9,11,17H2,1-2H3. The minimum absolute atomic E-state index is 0.359. The summed E-state index contributed by atoms with van der Waals surface area (Å²) in [5.41, 5.74) is 9.45. The molecule has 0 spiro atoms. The Kier molecular flexibility index (Phi) is 5.01. The Morgan fingerprint density at radius 2 is 2.05 bits per heavy atom. The Hall–Kier alpha value is -1.55. The van der Waals surface area contributed by atoms with E-state index in [4.69, 9.17) is 5.73 Å². The molecule has 2 N–H and O–H groups in total. The van der Waals surface area contributed by atoms with E-state index in [1.54, 1.807) is 0 Å². The van der Waals surface area contributed by atoms with Crippen LogP contribution in [0.4, 0.5) is 5.69 Å². The van der Waals surface area contributed by atoms with Gasteiger partial charge in [0.05, 0.1) is 7.11 Å². The third kappa shape index (κ3) is 3.51. The number of carbonyl (C=O) groups excluding carboxylic acids is 1. The van der Waals surface area contributed by atoms with E-state index in [1.165, 1.54) is 37.6 Å². The van der Waals surface area contributed by atoms with Gasteiger partial charge >= 0.3 is 5.97 Å². The van der Waals surface area contributed by atoms with Crippen LogP contribution in [0.15, 0.2) is 18.2 Å². The SMILES string of the molecule is COC(=O)C(N)Cc1ccc(N2CCCCC2)c(C)c1. The highest BCUT2D eigenvalue weighted by Crippen LogP contribution is 2.25. The highest BCUT2D eigenvalue weighted by atomic mass is 16.5. The lowest BCUT2D eigenvalue weighted by Gasteiger charge is -2.30. The molecule has 110 valence electrons. The van der Waals surface area contributed by atoms with Crippen molar-refractivity contribution in [3.8, 4) is 0 Å². The molecule has 0 radical (unpaired) electrons. The van der Waals surface area contributed by atoms with Gasteiger partial charge < -0.3 is 15.4 Å². The maximum Gasteiger partial charge on any atom is 0.322 e. The van der Waals surface area contributed by atoms with E-state index in [0.717, 1.165) is 18.7 Å². The Labute approximate surface area is 120 Å². The van der Waals surface area contributed by atoms with Crippen LogP contribution in [-0.4, -0.2) is 32.2 Å². The van der Waals surface area contributed by atoms with Gasteiger partial charge in [-0.2, -0.15) is 0 Å². The van der Waals surface area contributed by atoms with Crippen molar-refractivity contribution in [3.05, 3.63) is 29.3 Å². The Morgan fingerprint density at radius 1 is 1.35 bits per heavy atom. The molecule has 1 aromatic rings. The number of piperidine rings is 1. The average Bonchev–Trinajstić information content (AvgIpc) is 2.47. The second kappa shape index (κ2) is 6.75. The maximum absolute atomic E-state index is 11.4. The van der Waals surface area contributed by atoms with Gasteiger partial charge in [-0.15, -0.1) is 0 Å². The highest BCUT2D eigenvalue weighted by molar-refractivity contribution is 5.75. The van der Waals surface area contributed by atoms with E-state index in [0.29, 0.717) is 6.42 Å². The smallest absolute Gasteiger partial charge is 0.322 e. The number of ether oxygens (including phenoxy) is 1. The summed E-state index contributed by atoms with van der Waals surface area (Å²) in [5, 5.41) is 0. The van der Waals surface area contributed by atoms with Crippen molar-refractivity contribution in [2.45, 2.75) is 38.6 Å². The van der Waals surface area contributed by atoms with Crippen LogP contribution in [-0.2, 0) is 16.0 Å². The first-order chi connectivity index (χ1) is 9.61. The molecule has 0 amide bonds. The maximum atomic E-state index is 11.4. The molecule has 0 aromatic heterocycles. The number of methoxy groups -OCH3 is 1. The van der Waals surface area contributed by atoms with E-state index < -0.39 is 6.04 Å². The van der Waals surface area contributed by atoms with Crippen molar-refractivity contribution in [1.82, 2.24) is 0 Å². The predicted octanol–water partition coefficient (Wildman–Crippen LogP) is 2.03. The number of nitrogens with two attached hydrogens (primary N) is 1. The van der Waals surface area contributed by atoms with Crippen LogP contribution in [0.2, 0.25) is 0 Å². The summed E-state index contributed by atoms with van der Waals surface area (Å²) in [6, 6.07) is 5.77. The molecule has 4 nitrogen and oxygen atoms in total. The van der Waals surface area contributed by atoms with Crippen molar-refractivity contribution in [2.75, 3.05) is 25.1 Å². The fourth-order valence-corrected chi connectivity index (χ4v) is 2.82. The van der Waals surface area contributed by atoms with Crippen molar-refractivity contribution in [3.63, 3.8) is 0 Å². The van der Waals surface area contributed by atoms with E-state index >= 15 is 0 Å². The Balaban J connectivity index is 2.07. The van der Waals surface area contributed by atoms with Gasteiger partial charge in [-0.1, -0.05) is 12.1 Å². The second-order valence-corrected chi connectivity index (χ2v) is 5.50. The highest BCUT2D eigenvalue weighted by Gasteiger charge is 2.16. The van der Waals surface area contributed by atoms with Gasteiger partial charge in [0.1, 0.15) is 6.04 Å². The number of hydrogen-bond donors (Lipinski definition) is 1. The van der Waals surface area contributed by atoms with Gasteiger partial charge in [0, 0.05) is 18.8 Å². The van der Waals surface area contributed by atoms with E-state index in [9.17, 15) is 4.79 Å². The summed E-state index contributed by atoms with van der Waals surface area (Å²) in [7, 11) is 1.37. The van der Waals surface area contributed by atoms with Crippen molar-refractivity contribution < 1.29 is 9.53 Å². The molecule has 0 saturated carbocycles. The lowest BCUT2D eigenvalue weighted by molar-refractivity contribution is -0.142. The predicted molar refractivity (Wildman–Crippen MR) is 80.9 cm³/mol. The molecule has 1 fully saturated rings. The van der Waals surface area contributed by atoms with Gasteiger partial charge in [0.25, 0.3) is 0 Å². The first-order valence-electron chi connectivity index (χ1n) is 7.29. The molecule has 0 bridgehead atoms. The normalized spacial score (nSPS) is 16.9. The lowest BCUT2D eigenvalue weighted by atomic mass is 10.0. The zero-order chi connectivity index (χ0) is 14.5. The van der Waals surface area contributed by atoms with E-state index in [2.05, 4.69) is 34.8 Å². The fraction of sp³-hybridized carbons (Fsp3) is 0.562. The number of rotatable bonds is 4. The zero-order valence-corrected chi connectivity index (χ0v) is 12.4. The quantitative estimate of drug-likeness (QED) is 0.855. The minimum Gasteiger partial charge on any atom is -0.468 e. The third-order valence-corrected chi connectivity index (χ3v) is 3.92. The lowest BCUT2D eigenvalue weighted by Crippen LogP contribution is -2.33. The molecular weight excluding hydrogens is 252 g/mol. The summed E-state index contributed by atoms with van der Waals surface area (Å²) in [4.78, 5) is 13.8. The summed E-state index contributed by atoms with van der Waals surface area (Å²) in [6.45, 7) is 4.40. The summed E-state index contributed by atoms with van der Waals surface area (Å²) in [5.74, 6) is -0.359. The summed E-state index contributed by atoms with van der Waals surface area (Å²) >= 11 is 0. The van der Waals surface area contributed by atoms with Crippen LogP contribution in [0, 0.1) is 6.92 Å². The molecule has 0 aliphatic carbocycles. The molecule has 2 rings (SSSR count). The number of hydrogen-bond acceptors (Lipinski definition) is 4. The molecule has 1 aromatic carbocycles. The summed E-state index contributed by atoms with van der Waals surface area (Å²) < 4.78 is 4.66. The van der Waals surface area contributed by atoms with Gasteiger partial charge in [0.15, 0.2) is 0 Å². The number of anilines is 1. The first kappa shape index (κ1) is 14.9. The van der Waals surface area contributed by atoms with E-state index in [1.807, 2.05) is 0 Å². The van der Waals surface area contributed by atoms with Gasteiger partial charge in [-0.05, 0) is 49.8 Å². The molecule has 1 atom stereocenters. The minimum atomic E-state index is -0.583. The molecule has 20 heavy (non-hydrogen) atoms. The van der Waals surface area contributed by atoms with Crippen LogP contribution in [0.1, 0.15) is 30.4 Å². The van der Waals surface area contributed by atoms with Crippen molar-refractivity contribution in [1.29, 1.82) is 0 Å². The number of benzene rings is 1.